The van der Waals surface area contributed by atoms with E-state index in [9.17, 15) is 4.79 Å². The molecule has 0 saturated heterocycles. The maximum absolute atomic E-state index is 13.1. The van der Waals surface area contributed by atoms with Crippen LogP contribution >= 0.6 is 11.8 Å². The van der Waals surface area contributed by atoms with Gasteiger partial charge in [0.25, 0.3) is 0 Å². The van der Waals surface area contributed by atoms with Crippen molar-refractivity contribution in [3.8, 4) is 11.5 Å². The van der Waals surface area contributed by atoms with E-state index in [1.807, 2.05) is 25.1 Å². The fraction of sp³-hybridized carbons (Fsp3) is 0.318. The predicted octanol–water partition coefficient (Wildman–Crippen LogP) is 3.80. The van der Waals surface area contributed by atoms with Crippen LogP contribution in [0.2, 0.25) is 0 Å². The molecule has 1 amide bonds. The number of nitrogen functional groups attached to an aromatic ring is 1. The molecule has 3 rings (SSSR count). The SMILES string of the molecule is CCC(C(=O)Nc1ccc(OC)cc1OC)n1c(N)nnc1SCCc1ccccc1. The van der Waals surface area contributed by atoms with Crippen LogP contribution < -0.4 is 20.5 Å². The molecule has 0 bridgehead atoms. The molecule has 3 aromatic rings. The highest BCUT2D eigenvalue weighted by Gasteiger charge is 2.25. The van der Waals surface area contributed by atoms with E-state index >= 15 is 0 Å². The molecule has 1 heterocycles. The standard InChI is InChI=1S/C22H27N5O3S/c1-4-18(20(28)24-17-11-10-16(29-2)14-19(17)30-3)27-21(23)25-26-22(27)31-13-12-15-8-6-5-7-9-15/h5-11,14,18H,4,12-13H2,1-3H3,(H2,23,25)(H,24,28). The first-order valence-electron chi connectivity index (χ1n) is 9.97. The highest BCUT2D eigenvalue weighted by atomic mass is 32.2. The topological polar surface area (TPSA) is 104 Å². The summed E-state index contributed by atoms with van der Waals surface area (Å²) in [7, 11) is 3.12. The van der Waals surface area contributed by atoms with Gasteiger partial charge >= 0.3 is 0 Å². The second kappa shape index (κ2) is 10.7. The zero-order chi connectivity index (χ0) is 22.2. The number of benzene rings is 2. The molecule has 0 fully saturated rings. The van der Waals surface area contributed by atoms with Crippen LogP contribution in [0.3, 0.4) is 0 Å². The number of nitrogens with zero attached hydrogens (tertiary/aromatic N) is 3. The Hall–Kier alpha value is -3.20. The fourth-order valence-electron chi connectivity index (χ4n) is 3.19. The summed E-state index contributed by atoms with van der Waals surface area (Å²) >= 11 is 1.53. The van der Waals surface area contributed by atoms with Crippen molar-refractivity contribution >= 4 is 29.3 Å². The van der Waals surface area contributed by atoms with Crippen molar-refractivity contribution in [1.82, 2.24) is 14.8 Å². The van der Waals surface area contributed by atoms with E-state index in [4.69, 9.17) is 15.2 Å². The van der Waals surface area contributed by atoms with E-state index in [1.165, 1.54) is 17.3 Å². The van der Waals surface area contributed by atoms with Crippen LogP contribution in [0, 0.1) is 0 Å². The van der Waals surface area contributed by atoms with Crippen molar-refractivity contribution in [2.45, 2.75) is 31.0 Å². The molecule has 0 spiro atoms. The first kappa shape index (κ1) is 22.5. The number of thioether (sulfide) groups is 1. The first-order chi connectivity index (χ1) is 15.1. The summed E-state index contributed by atoms with van der Waals surface area (Å²) in [6, 6.07) is 14.9. The van der Waals surface area contributed by atoms with Gasteiger partial charge in [-0.05, 0) is 30.5 Å². The summed E-state index contributed by atoms with van der Waals surface area (Å²) < 4.78 is 12.3. The lowest BCUT2D eigenvalue weighted by Gasteiger charge is -2.20. The lowest BCUT2D eigenvalue weighted by Crippen LogP contribution is -2.27. The Balaban J connectivity index is 1.74. The van der Waals surface area contributed by atoms with Crippen molar-refractivity contribution < 1.29 is 14.3 Å². The number of rotatable bonds is 10. The summed E-state index contributed by atoms with van der Waals surface area (Å²) in [6.07, 6.45) is 1.41. The van der Waals surface area contributed by atoms with Crippen LogP contribution in [0.4, 0.5) is 11.6 Å². The third-order valence-corrected chi connectivity index (χ3v) is 5.77. The maximum Gasteiger partial charge on any atom is 0.247 e. The zero-order valence-electron chi connectivity index (χ0n) is 17.9. The highest BCUT2D eigenvalue weighted by molar-refractivity contribution is 7.99. The normalized spacial score (nSPS) is 11.7. The molecule has 0 saturated carbocycles. The number of hydrogen-bond acceptors (Lipinski definition) is 7. The van der Waals surface area contributed by atoms with Crippen LogP contribution in [0.15, 0.2) is 53.7 Å². The number of nitrogens with one attached hydrogen (secondary N) is 1. The average Bonchev–Trinajstić information content (AvgIpc) is 3.15. The maximum atomic E-state index is 13.1. The lowest BCUT2D eigenvalue weighted by molar-refractivity contribution is -0.119. The second-order valence-corrected chi connectivity index (χ2v) is 7.84. The number of aromatic nitrogens is 3. The Morgan fingerprint density at radius 2 is 1.94 bits per heavy atom. The second-order valence-electron chi connectivity index (χ2n) is 6.77. The van der Waals surface area contributed by atoms with Gasteiger partial charge < -0.3 is 20.5 Å². The van der Waals surface area contributed by atoms with Crippen LogP contribution in [-0.2, 0) is 11.2 Å². The molecular formula is C22H27N5O3S. The molecule has 8 nitrogen and oxygen atoms in total. The molecule has 1 aromatic heterocycles. The number of ether oxygens (including phenoxy) is 2. The number of amides is 1. The Morgan fingerprint density at radius 1 is 1.16 bits per heavy atom. The van der Waals surface area contributed by atoms with Crippen molar-refractivity contribution in [3.63, 3.8) is 0 Å². The number of hydrogen-bond donors (Lipinski definition) is 2. The van der Waals surface area contributed by atoms with Crippen LogP contribution in [0.25, 0.3) is 0 Å². The molecule has 31 heavy (non-hydrogen) atoms. The van der Waals surface area contributed by atoms with Crippen molar-refractivity contribution in [1.29, 1.82) is 0 Å². The van der Waals surface area contributed by atoms with Crippen molar-refractivity contribution in [3.05, 3.63) is 54.1 Å². The number of aryl methyl sites for hydroxylation is 1. The number of nitrogens with two attached hydrogens (primary N) is 1. The van der Waals surface area contributed by atoms with Gasteiger partial charge in [-0.2, -0.15) is 0 Å². The summed E-state index contributed by atoms with van der Waals surface area (Å²) in [5, 5.41) is 11.7. The van der Waals surface area contributed by atoms with Crippen LogP contribution in [0.1, 0.15) is 24.9 Å². The third kappa shape index (κ3) is 5.49. The molecule has 164 valence electrons. The quantitative estimate of drug-likeness (QED) is 0.461. The van der Waals surface area contributed by atoms with Gasteiger partial charge in [-0.25, -0.2) is 0 Å². The van der Waals surface area contributed by atoms with Gasteiger partial charge in [0.1, 0.15) is 17.5 Å². The van der Waals surface area contributed by atoms with Gasteiger partial charge in [-0.3, -0.25) is 9.36 Å². The Morgan fingerprint density at radius 3 is 2.61 bits per heavy atom. The molecule has 0 aliphatic heterocycles. The van der Waals surface area contributed by atoms with E-state index in [0.717, 1.165) is 12.2 Å². The van der Waals surface area contributed by atoms with Gasteiger partial charge in [0, 0.05) is 11.8 Å². The van der Waals surface area contributed by atoms with Crippen LogP contribution in [-0.4, -0.2) is 40.6 Å². The molecular weight excluding hydrogens is 414 g/mol. The molecule has 0 aliphatic rings. The van der Waals surface area contributed by atoms with Crippen molar-refractivity contribution in [2.75, 3.05) is 31.0 Å². The highest BCUT2D eigenvalue weighted by Crippen LogP contribution is 2.31. The van der Waals surface area contributed by atoms with E-state index in [1.54, 1.807) is 37.0 Å². The monoisotopic (exact) mass is 441 g/mol. The van der Waals surface area contributed by atoms with Crippen LogP contribution in [0.5, 0.6) is 11.5 Å². The number of anilines is 2. The Bertz CT molecular complexity index is 1010. The number of carbonyl (C=O) groups excluding carboxylic acids is 1. The Labute approximate surface area is 186 Å². The smallest absolute Gasteiger partial charge is 0.247 e. The largest absolute Gasteiger partial charge is 0.497 e. The average molecular weight is 442 g/mol. The van der Waals surface area contributed by atoms with E-state index in [2.05, 4.69) is 27.6 Å². The fourth-order valence-corrected chi connectivity index (χ4v) is 4.17. The van der Waals surface area contributed by atoms with Gasteiger partial charge in [-0.15, -0.1) is 10.2 Å². The minimum Gasteiger partial charge on any atom is -0.497 e. The summed E-state index contributed by atoms with van der Waals surface area (Å²) in [5.41, 5.74) is 7.87. The third-order valence-electron chi connectivity index (χ3n) is 4.82. The van der Waals surface area contributed by atoms with E-state index in [-0.39, 0.29) is 11.9 Å². The Kier molecular flexibility index (Phi) is 7.77. The molecule has 1 unspecified atom stereocenters. The molecule has 0 radical (unpaired) electrons. The summed E-state index contributed by atoms with van der Waals surface area (Å²) in [5.74, 6) is 1.94. The van der Waals surface area contributed by atoms with Gasteiger partial charge in [0.05, 0.1) is 19.9 Å². The number of methoxy groups -OCH3 is 2. The zero-order valence-corrected chi connectivity index (χ0v) is 18.7. The van der Waals surface area contributed by atoms with Gasteiger partial charge in [0.2, 0.25) is 11.9 Å². The molecule has 0 aliphatic carbocycles. The summed E-state index contributed by atoms with van der Waals surface area (Å²) in [6.45, 7) is 1.92. The molecule has 3 N–H and O–H groups in total. The predicted molar refractivity (Wildman–Crippen MR) is 123 cm³/mol. The minimum absolute atomic E-state index is 0.214. The van der Waals surface area contributed by atoms with Gasteiger partial charge in [0.15, 0.2) is 5.16 Å². The van der Waals surface area contributed by atoms with Gasteiger partial charge in [-0.1, -0.05) is 49.0 Å². The first-order valence-corrected chi connectivity index (χ1v) is 11.0. The molecule has 9 heteroatoms. The molecule has 1 atom stereocenters. The van der Waals surface area contributed by atoms with E-state index in [0.29, 0.717) is 28.8 Å². The number of carbonyl (C=O) groups is 1. The summed E-state index contributed by atoms with van der Waals surface area (Å²) in [4.78, 5) is 13.1. The van der Waals surface area contributed by atoms with Crippen molar-refractivity contribution in [2.24, 2.45) is 0 Å². The van der Waals surface area contributed by atoms with E-state index < -0.39 is 6.04 Å². The lowest BCUT2D eigenvalue weighted by atomic mass is 10.2. The minimum atomic E-state index is -0.555. The molecule has 2 aromatic carbocycles.